The van der Waals surface area contributed by atoms with Crippen molar-refractivity contribution >= 4 is 32.7 Å². The summed E-state index contributed by atoms with van der Waals surface area (Å²) >= 11 is 1.71. The Morgan fingerprint density at radius 3 is 2.72 bits per heavy atom. The fourth-order valence-corrected chi connectivity index (χ4v) is 4.51. The molecule has 3 N–H and O–H groups in total. The van der Waals surface area contributed by atoms with E-state index in [9.17, 15) is 18.5 Å². The molecule has 0 amide bonds. The van der Waals surface area contributed by atoms with Crippen LogP contribution in [0.15, 0.2) is 23.1 Å². The lowest BCUT2D eigenvalue weighted by atomic mass is 10.0. The van der Waals surface area contributed by atoms with Crippen molar-refractivity contribution in [1.29, 1.82) is 0 Å². The molecule has 1 aliphatic carbocycles. The SMILES string of the molecule is NS(=O)(=O)c1cc(NCCc2nc3c(s2)CCCC3)cc([N+](=O)[O-])c1. The first-order valence-corrected chi connectivity index (χ1v) is 10.2. The number of non-ortho nitro benzene ring substituents is 1. The maximum absolute atomic E-state index is 11.5. The van der Waals surface area contributed by atoms with Crippen molar-refractivity contribution in [2.75, 3.05) is 11.9 Å². The smallest absolute Gasteiger partial charge is 0.272 e. The van der Waals surface area contributed by atoms with E-state index in [1.807, 2.05) is 0 Å². The van der Waals surface area contributed by atoms with Gasteiger partial charge >= 0.3 is 0 Å². The molecule has 0 aliphatic heterocycles. The molecular formula is C15H18N4O4S2. The van der Waals surface area contributed by atoms with Crippen LogP contribution in [-0.2, 0) is 29.3 Å². The molecule has 0 radical (unpaired) electrons. The second-order valence-electron chi connectivity index (χ2n) is 5.88. The quantitative estimate of drug-likeness (QED) is 0.582. The molecule has 1 aromatic carbocycles. The van der Waals surface area contributed by atoms with Gasteiger partial charge in [-0.1, -0.05) is 0 Å². The van der Waals surface area contributed by atoms with E-state index in [0.29, 0.717) is 18.7 Å². The monoisotopic (exact) mass is 382 g/mol. The predicted molar refractivity (Wildman–Crippen MR) is 95.4 cm³/mol. The number of nitrogens with one attached hydrogen (secondary N) is 1. The van der Waals surface area contributed by atoms with Crippen molar-refractivity contribution < 1.29 is 13.3 Å². The second kappa shape index (κ2) is 7.06. The normalized spacial score (nSPS) is 14.1. The molecule has 0 unspecified atom stereocenters. The molecule has 0 fully saturated rings. The van der Waals surface area contributed by atoms with E-state index >= 15 is 0 Å². The number of fused-ring (bicyclic) bond motifs is 1. The topological polar surface area (TPSA) is 128 Å². The summed E-state index contributed by atoms with van der Waals surface area (Å²) in [7, 11) is -4.02. The van der Waals surface area contributed by atoms with E-state index in [0.717, 1.165) is 23.9 Å². The van der Waals surface area contributed by atoms with Crippen molar-refractivity contribution in [1.82, 2.24) is 4.98 Å². The molecule has 2 aromatic rings. The number of benzene rings is 1. The third kappa shape index (κ3) is 4.33. The van der Waals surface area contributed by atoms with Crippen molar-refractivity contribution in [3.63, 3.8) is 0 Å². The lowest BCUT2D eigenvalue weighted by molar-refractivity contribution is -0.385. The molecule has 134 valence electrons. The first kappa shape index (κ1) is 17.8. The number of rotatable bonds is 6. The maximum atomic E-state index is 11.5. The summed E-state index contributed by atoms with van der Waals surface area (Å²) in [4.78, 5) is 16.0. The molecule has 25 heavy (non-hydrogen) atoms. The zero-order valence-corrected chi connectivity index (χ0v) is 15.0. The third-order valence-corrected chi connectivity index (χ3v) is 6.10. The molecule has 0 spiro atoms. The van der Waals surface area contributed by atoms with Crippen molar-refractivity contribution in [2.24, 2.45) is 5.14 Å². The Balaban J connectivity index is 1.71. The number of anilines is 1. The van der Waals surface area contributed by atoms with Gasteiger partial charge in [-0.3, -0.25) is 10.1 Å². The van der Waals surface area contributed by atoms with Crippen LogP contribution in [-0.4, -0.2) is 24.9 Å². The standard InChI is InChI=1S/C15H18N4O4S2/c16-25(22,23)12-8-10(7-11(9-12)19(20)21)17-6-5-15-18-13-3-1-2-4-14(13)24-15/h7-9,17H,1-6H2,(H2,16,22,23). The van der Waals surface area contributed by atoms with Crippen molar-refractivity contribution in [3.05, 3.63) is 43.9 Å². The van der Waals surface area contributed by atoms with Gasteiger partial charge in [0.05, 0.1) is 20.5 Å². The zero-order valence-electron chi connectivity index (χ0n) is 13.4. The van der Waals surface area contributed by atoms with Gasteiger partial charge in [0, 0.05) is 35.7 Å². The van der Waals surface area contributed by atoms with Crippen LogP contribution in [0.4, 0.5) is 11.4 Å². The highest BCUT2D eigenvalue weighted by molar-refractivity contribution is 7.89. The van der Waals surface area contributed by atoms with E-state index in [1.54, 1.807) is 11.3 Å². The van der Waals surface area contributed by atoms with E-state index in [1.165, 1.54) is 35.5 Å². The first-order chi connectivity index (χ1) is 11.8. The van der Waals surface area contributed by atoms with Gasteiger partial charge in [0.15, 0.2) is 0 Å². The van der Waals surface area contributed by atoms with Gasteiger partial charge in [-0.15, -0.1) is 11.3 Å². The molecule has 0 saturated heterocycles. The molecule has 3 rings (SSSR count). The fraction of sp³-hybridized carbons (Fsp3) is 0.400. The fourth-order valence-electron chi connectivity index (χ4n) is 2.78. The summed E-state index contributed by atoms with van der Waals surface area (Å²) in [5, 5.41) is 20.1. The number of nitro groups is 1. The molecule has 8 nitrogen and oxygen atoms in total. The van der Waals surface area contributed by atoms with Crippen LogP contribution in [0.1, 0.15) is 28.4 Å². The molecular weight excluding hydrogens is 364 g/mol. The minimum Gasteiger partial charge on any atom is -0.384 e. The number of hydrogen-bond donors (Lipinski definition) is 2. The number of nitrogens with zero attached hydrogens (tertiary/aromatic N) is 2. The highest BCUT2D eigenvalue weighted by atomic mass is 32.2. The summed E-state index contributed by atoms with van der Waals surface area (Å²) in [5.41, 5.74) is 1.22. The van der Waals surface area contributed by atoms with Gasteiger partial charge in [0.1, 0.15) is 0 Å². The molecule has 1 heterocycles. The summed E-state index contributed by atoms with van der Waals surface area (Å²) in [6.45, 7) is 0.498. The Bertz CT molecular complexity index is 885. The van der Waals surface area contributed by atoms with E-state index in [2.05, 4.69) is 10.3 Å². The maximum Gasteiger partial charge on any atom is 0.272 e. The molecule has 0 atom stereocenters. The number of thiazole rings is 1. The minimum atomic E-state index is -4.02. The van der Waals surface area contributed by atoms with Crippen LogP contribution in [0.2, 0.25) is 0 Å². The van der Waals surface area contributed by atoms with E-state index in [4.69, 9.17) is 5.14 Å². The van der Waals surface area contributed by atoms with Gasteiger partial charge in [-0.05, 0) is 31.7 Å². The summed E-state index contributed by atoms with van der Waals surface area (Å²) in [6.07, 6.45) is 5.17. The van der Waals surface area contributed by atoms with Crippen molar-refractivity contribution in [2.45, 2.75) is 37.0 Å². The highest BCUT2D eigenvalue weighted by Gasteiger charge is 2.17. The first-order valence-electron chi connectivity index (χ1n) is 7.86. The minimum absolute atomic E-state index is 0.283. The Kier molecular flexibility index (Phi) is 5.02. The Hall–Kier alpha value is -2.04. The van der Waals surface area contributed by atoms with Gasteiger partial charge in [-0.25, -0.2) is 18.5 Å². The van der Waals surface area contributed by atoms with Crippen LogP contribution < -0.4 is 10.5 Å². The summed E-state index contributed by atoms with van der Waals surface area (Å²) < 4.78 is 23.0. The van der Waals surface area contributed by atoms with Crippen LogP contribution in [0, 0.1) is 10.1 Å². The Morgan fingerprint density at radius 2 is 2.04 bits per heavy atom. The third-order valence-electron chi connectivity index (χ3n) is 3.99. The van der Waals surface area contributed by atoms with Gasteiger partial charge in [0.25, 0.3) is 5.69 Å². The van der Waals surface area contributed by atoms with Crippen LogP contribution in [0.25, 0.3) is 0 Å². The van der Waals surface area contributed by atoms with Gasteiger partial charge in [0.2, 0.25) is 10.0 Å². The van der Waals surface area contributed by atoms with Crippen LogP contribution in [0.3, 0.4) is 0 Å². The summed E-state index contributed by atoms with van der Waals surface area (Å²) in [6, 6.07) is 3.55. The Morgan fingerprint density at radius 1 is 1.28 bits per heavy atom. The van der Waals surface area contributed by atoms with Crippen LogP contribution in [0.5, 0.6) is 0 Å². The van der Waals surface area contributed by atoms with Gasteiger partial charge in [-0.2, -0.15) is 0 Å². The average Bonchev–Trinajstić information content (AvgIpc) is 2.96. The number of nitro benzene ring substituents is 1. The number of hydrogen-bond acceptors (Lipinski definition) is 7. The number of aryl methyl sites for hydroxylation is 2. The number of aromatic nitrogens is 1. The molecule has 1 aromatic heterocycles. The largest absolute Gasteiger partial charge is 0.384 e. The van der Waals surface area contributed by atoms with Crippen LogP contribution >= 0.6 is 11.3 Å². The molecule has 0 bridgehead atoms. The molecule has 10 heteroatoms. The molecule has 0 saturated carbocycles. The average molecular weight is 382 g/mol. The van der Waals surface area contributed by atoms with E-state index in [-0.39, 0.29) is 10.6 Å². The van der Waals surface area contributed by atoms with Crippen molar-refractivity contribution in [3.8, 4) is 0 Å². The summed E-state index contributed by atoms with van der Waals surface area (Å²) in [5.74, 6) is 0. The number of primary sulfonamides is 1. The number of nitrogens with two attached hydrogens (primary N) is 1. The lowest BCUT2D eigenvalue weighted by Gasteiger charge is -2.07. The van der Waals surface area contributed by atoms with Gasteiger partial charge < -0.3 is 5.32 Å². The second-order valence-corrected chi connectivity index (χ2v) is 8.61. The predicted octanol–water partition coefficient (Wildman–Crippen LogP) is 2.23. The highest BCUT2D eigenvalue weighted by Crippen LogP contribution is 2.27. The van der Waals surface area contributed by atoms with E-state index < -0.39 is 14.9 Å². The molecule has 1 aliphatic rings. The zero-order chi connectivity index (χ0) is 18.0. The number of sulfonamides is 1. The lowest BCUT2D eigenvalue weighted by Crippen LogP contribution is -2.13. The Labute approximate surface area is 149 Å².